The Morgan fingerprint density at radius 2 is 1.89 bits per heavy atom. The zero-order valence-corrected chi connectivity index (χ0v) is 16.4. The maximum atomic E-state index is 12.7. The summed E-state index contributed by atoms with van der Waals surface area (Å²) in [4.78, 5) is 40.9. The molecule has 0 aliphatic carbocycles. The number of ether oxygens (including phenoxy) is 1. The second-order valence-electron chi connectivity index (χ2n) is 6.49. The van der Waals surface area contributed by atoms with Gasteiger partial charge in [-0.05, 0) is 45.7 Å². The van der Waals surface area contributed by atoms with Crippen LogP contribution in [-0.4, -0.2) is 60.5 Å². The maximum Gasteiger partial charge on any atom is 0.340 e. The number of amides is 3. The lowest BCUT2D eigenvalue weighted by Crippen LogP contribution is -2.48. The van der Waals surface area contributed by atoms with Gasteiger partial charge in [0.05, 0.1) is 23.8 Å². The first-order valence-corrected chi connectivity index (χ1v) is 9.62. The van der Waals surface area contributed by atoms with E-state index >= 15 is 0 Å². The van der Waals surface area contributed by atoms with E-state index in [-0.39, 0.29) is 24.5 Å². The van der Waals surface area contributed by atoms with E-state index in [9.17, 15) is 14.4 Å². The number of carbonyl (C=O) groups is 3. The largest absolute Gasteiger partial charge is 0.462 e. The summed E-state index contributed by atoms with van der Waals surface area (Å²) in [6.07, 6.45) is 1.57. The summed E-state index contributed by atoms with van der Waals surface area (Å²) in [5.41, 5.74) is 0.735. The third-order valence-corrected chi connectivity index (χ3v) is 4.80. The minimum absolute atomic E-state index is 0.101. The Morgan fingerprint density at radius 3 is 2.56 bits per heavy atom. The lowest BCUT2D eigenvalue weighted by Gasteiger charge is -2.34. The highest BCUT2D eigenvalue weighted by Gasteiger charge is 2.30. The molecule has 1 atom stereocenters. The first-order chi connectivity index (χ1) is 13.0. The zero-order chi connectivity index (χ0) is 19.8. The van der Waals surface area contributed by atoms with Crippen LogP contribution in [0, 0.1) is 5.92 Å². The van der Waals surface area contributed by atoms with Crippen molar-refractivity contribution in [3.8, 4) is 0 Å². The van der Waals surface area contributed by atoms with Crippen molar-refractivity contribution < 1.29 is 19.1 Å². The van der Waals surface area contributed by atoms with Crippen LogP contribution in [0.2, 0.25) is 0 Å². The van der Waals surface area contributed by atoms with Gasteiger partial charge in [-0.15, -0.1) is 0 Å². The number of nitrogens with zero attached hydrogens (tertiary/aromatic N) is 2. The number of carbonyl (C=O) groups excluding carboxylic acids is 3. The van der Waals surface area contributed by atoms with Gasteiger partial charge in [0.2, 0.25) is 5.91 Å². The number of rotatable bonds is 6. The molecular weight excluding hydrogens is 346 g/mol. The van der Waals surface area contributed by atoms with E-state index in [2.05, 4.69) is 5.32 Å². The molecule has 0 bridgehead atoms. The highest BCUT2D eigenvalue weighted by Crippen LogP contribution is 2.21. The average Bonchev–Trinajstić information content (AvgIpc) is 2.69. The van der Waals surface area contributed by atoms with Crippen molar-refractivity contribution in [3.05, 3.63) is 29.8 Å². The lowest BCUT2D eigenvalue weighted by atomic mass is 9.96. The number of esters is 1. The molecule has 1 fully saturated rings. The third kappa shape index (κ3) is 5.21. The fourth-order valence-electron chi connectivity index (χ4n) is 3.33. The Balaban J connectivity index is 2.06. The monoisotopic (exact) mass is 375 g/mol. The Bertz CT molecular complexity index is 673. The molecule has 3 amide bonds. The molecule has 1 heterocycles. The number of likely N-dealkylation sites (tertiary alicyclic amines) is 1. The Kier molecular flexibility index (Phi) is 7.64. The second-order valence-corrected chi connectivity index (χ2v) is 6.49. The first kappa shape index (κ1) is 20.7. The fraction of sp³-hybridized carbons (Fsp3) is 0.550. The predicted octanol–water partition coefficient (Wildman–Crippen LogP) is 2.98. The van der Waals surface area contributed by atoms with Crippen molar-refractivity contribution >= 4 is 23.6 Å². The van der Waals surface area contributed by atoms with Crippen LogP contribution in [0.15, 0.2) is 24.3 Å². The quantitative estimate of drug-likeness (QED) is 0.775. The number of para-hydroxylation sites is 1. The lowest BCUT2D eigenvalue weighted by molar-refractivity contribution is -0.136. The summed E-state index contributed by atoms with van der Waals surface area (Å²) in [7, 11) is 0. The molecule has 0 spiro atoms. The molecule has 1 aromatic rings. The van der Waals surface area contributed by atoms with Gasteiger partial charge in [-0.25, -0.2) is 9.59 Å². The summed E-state index contributed by atoms with van der Waals surface area (Å²) >= 11 is 0. The number of benzene rings is 1. The molecule has 1 unspecified atom stereocenters. The van der Waals surface area contributed by atoms with E-state index in [0.29, 0.717) is 37.4 Å². The van der Waals surface area contributed by atoms with Crippen LogP contribution >= 0.6 is 0 Å². The van der Waals surface area contributed by atoms with Gasteiger partial charge in [0.1, 0.15) is 0 Å². The molecule has 1 N–H and O–H groups in total. The summed E-state index contributed by atoms with van der Waals surface area (Å²) in [5, 5.41) is 2.80. The first-order valence-electron chi connectivity index (χ1n) is 9.62. The van der Waals surface area contributed by atoms with E-state index in [1.165, 1.54) is 0 Å². The zero-order valence-electron chi connectivity index (χ0n) is 16.4. The molecular formula is C20H29N3O4. The van der Waals surface area contributed by atoms with E-state index in [4.69, 9.17) is 4.74 Å². The second kappa shape index (κ2) is 9.94. The highest BCUT2D eigenvalue weighted by molar-refractivity contribution is 6.01. The van der Waals surface area contributed by atoms with Gasteiger partial charge in [-0.2, -0.15) is 0 Å². The van der Waals surface area contributed by atoms with Gasteiger partial charge in [0.25, 0.3) is 0 Å². The fourth-order valence-corrected chi connectivity index (χ4v) is 3.33. The van der Waals surface area contributed by atoms with Crippen LogP contribution in [0.5, 0.6) is 0 Å². The van der Waals surface area contributed by atoms with Gasteiger partial charge in [0, 0.05) is 26.2 Å². The number of anilines is 1. The summed E-state index contributed by atoms with van der Waals surface area (Å²) < 4.78 is 5.04. The van der Waals surface area contributed by atoms with Crippen LogP contribution in [-0.2, 0) is 9.53 Å². The van der Waals surface area contributed by atoms with Crippen molar-refractivity contribution in [2.45, 2.75) is 33.6 Å². The molecule has 2 rings (SSSR count). The number of piperidine rings is 1. The molecule has 7 heteroatoms. The number of nitrogens with one attached hydrogen (secondary N) is 1. The Hall–Kier alpha value is -2.57. The van der Waals surface area contributed by atoms with E-state index < -0.39 is 5.97 Å². The molecule has 0 saturated carbocycles. The predicted molar refractivity (Wildman–Crippen MR) is 104 cm³/mol. The van der Waals surface area contributed by atoms with Crippen LogP contribution in [0.3, 0.4) is 0 Å². The normalized spacial score (nSPS) is 16.6. The maximum absolute atomic E-state index is 12.7. The van der Waals surface area contributed by atoms with Crippen molar-refractivity contribution in [2.75, 3.05) is 38.1 Å². The van der Waals surface area contributed by atoms with Crippen molar-refractivity contribution in [2.24, 2.45) is 5.92 Å². The van der Waals surface area contributed by atoms with Gasteiger partial charge in [0.15, 0.2) is 0 Å². The van der Waals surface area contributed by atoms with Crippen molar-refractivity contribution in [1.29, 1.82) is 0 Å². The van der Waals surface area contributed by atoms with Crippen molar-refractivity contribution in [3.63, 3.8) is 0 Å². The minimum Gasteiger partial charge on any atom is -0.462 e. The number of hydrogen-bond donors (Lipinski definition) is 1. The molecule has 7 nitrogen and oxygen atoms in total. The molecule has 1 saturated heterocycles. The van der Waals surface area contributed by atoms with E-state index in [0.717, 1.165) is 12.8 Å². The molecule has 1 aromatic carbocycles. The average molecular weight is 375 g/mol. The summed E-state index contributed by atoms with van der Waals surface area (Å²) in [6, 6.07) is 6.47. The topological polar surface area (TPSA) is 79.0 Å². The van der Waals surface area contributed by atoms with Gasteiger partial charge in [-0.3, -0.25) is 4.79 Å². The van der Waals surface area contributed by atoms with Gasteiger partial charge < -0.3 is 19.9 Å². The standard InChI is InChI=1S/C20H29N3O4/c1-4-22(5-2)18(24)15-10-9-13-23(14-15)20(26)21-17-12-8-7-11-16(17)19(25)27-6-3/h7-8,11-12,15H,4-6,9-10,13-14H2,1-3H3,(H,21,26). The smallest absolute Gasteiger partial charge is 0.340 e. The summed E-state index contributed by atoms with van der Waals surface area (Å²) in [6.45, 7) is 8.25. The number of urea groups is 1. The number of hydrogen-bond acceptors (Lipinski definition) is 4. The third-order valence-electron chi connectivity index (χ3n) is 4.80. The molecule has 27 heavy (non-hydrogen) atoms. The molecule has 0 radical (unpaired) electrons. The molecule has 148 valence electrons. The minimum atomic E-state index is -0.471. The van der Waals surface area contributed by atoms with Crippen LogP contribution in [0.1, 0.15) is 44.0 Å². The highest BCUT2D eigenvalue weighted by atomic mass is 16.5. The molecule has 0 aromatic heterocycles. The Morgan fingerprint density at radius 1 is 1.19 bits per heavy atom. The molecule has 1 aliphatic heterocycles. The SMILES string of the molecule is CCOC(=O)c1ccccc1NC(=O)N1CCCC(C(=O)N(CC)CC)C1. The van der Waals surface area contributed by atoms with Gasteiger partial charge in [-0.1, -0.05) is 12.1 Å². The van der Waals surface area contributed by atoms with Gasteiger partial charge >= 0.3 is 12.0 Å². The van der Waals surface area contributed by atoms with Crippen LogP contribution < -0.4 is 5.32 Å². The van der Waals surface area contributed by atoms with E-state index in [1.807, 2.05) is 18.7 Å². The van der Waals surface area contributed by atoms with Crippen molar-refractivity contribution in [1.82, 2.24) is 9.80 Å². The molecule has 1 aliphatic rings. The van der Waals surface area contributed by atoms with E-state index in [1.54, 1.807) is 36.1 Å². The Labute approximate surface area is 160 Å². The van der Waals surface area contributed by atoms with Crippen LogP contribution in [0.25, 0.3) is 0 Å². The summed E-state index contributed by atoms with van der Waals surface area (Å²) in [5.74, 6) is -0.546. The van der Waals surface area contributed by atoms with Crippen LogP contribution in [0.4, 0.5) is 10.5 Å².